The highest BCUT2D eigenvalue weighted by Crippen LogP contribution is 2.33. The number of likely N-dealkylation sites (tertiary alicyclic amines) is 1. The normalized spacial score (nSPS) is 19.2. The van der Waals surface area contributed by atoms with Crippen LogP contribution in [-0.2, 0) is 14.4 Å². The third-order valence-corrected chi connectivity index (χ3v) is 3.39. The summed E-state index contributed by atoms with van der Waals surface area (Å²) in [6.45, 7) is 4.08. The number of Topliss-reactive ketones (excluding diaryl/α,β-unsaturated/α-hetero) is 1. The van der Waals surface area contributed by atoms with E-state index in [1.165, 1.54) is 6.92 Å². The van der Waals surface area contributed by atoms with Crippen LogP contribution in [0.5, 0.6) is 0 Å². The van der Waals surface area contributed by atoms with Gasteiger partial charge in [0.15, 0.2) is 0 Å². The van der Waals surface area contributed by atoms with Crippen LogP contribution in [0.3, 0.4) is 0 Å². The Morgan fingerprint density at radius 3 is 2.06 bits per heavy atom. The first kappa shape index (κ1) is 12.7. The molecule has 5 nitrogen and oxygen atoms in total. The van der Waals surface area contributed by atoms with E-state index in [9.17, 15) is 14.4 Å². The number of primary amides is 1. The number of rotatable bonds is 3. The van der Waals surface area contributed by atoms with Crippen LogP contribution in [-0.4, -0.2) is 35.6 Å². The molecule has 0 aliphatic carbocycles. The SMILES string of the molecule is CCC(=O)C1(C(N)=O)CCN(C(C)=O)CC1. The maximum absolute atomic E-state index is 11.8. The lowest BCUT2D eigenvalue weighted by Crippen LogP contribution is -2.52. The van der Waals surface area contributed by atoms with Gasteiger partial charge in [0.25, 0.3) is 0 Å². The number of carbonyl (C=O) groups excluding carboxylic acids is 3. The van der Waals surface area contributed by atoms with Gasteiger partial charge in [0.1, 0.15) is 11.2 Å². The minimum atomic E-state index is -1.04. The number of hydrogen-bond acceptors (Lipinski definition) is 3. The summed E-state index contributed by atoms with van der Waals surface area (Å²) >= 11 is 0. The summed E-state index contributed by atoms with van der Waals surface area (Å²) in [7, 11) is 0. The second-order valence-electron chi connectivity index (χ2n) is 4.23. The van der Waals surface area contributed by atoms with Gasteiger partial charge in [0.2, 0.25) is 11.8 Å². The molecule has 1 fully saturated rings. The molecule has 90 valence electrons. The summed E-state index contributed by atoms with van der Waals surface area (Å²) in [4.78, 5) is 36.0. The summed E-state index contributed by atoms with van der Waals surface area (Å²) in [6, 6.07) is 0. The van der Waals surface area contributed by atoms with Crippen molar-refractivity contribution in [1.29, 1.82) is 0 Å². The van der Waals surface area contributed by atoms with Crippen molar-refractivity contribution >= 4 is 17.6 Å². The van der Waals surface area contributed by atoms with Gasteiger partial charge in [-0.3, -0.25) is 14.4 Å². The Morgan fingerprint density at radius 2 is 1.75 bits per heavy atom. The minimum Gasteiger partial charge on any atom is -0.369 e. The predicted octanol–water partition coefficient (Wildman–Crippen LogP) is 0.0795. The Hall–Kier alpha value is -1.39. The van der Waals surface area contributed by atoms with Gasteiger partial charge in [0, 0.05) is 26.4 Å². The second kappa shape index (κ2) is 4.63. The Kier molecular flexibility index (Phi) is 3.67. The largest absolute Gasteiger partial charge is 0.369 e. The molecule has 1 rings (SSSR count). The maximum atomic E-state index is 11.8. The van der Waals surface area contributed by atoms with Gasteiger partial charge in [-0.15, -0.1) is 0 Å². The molecule has 1 aliphatic heterocycles. The molecule has 0 saturated carbocycles. The molecule has 5 heteroatoms. The zero-order chi connectivity index (χ0) is 12.3. The van der Waals surface area contributed by atoms with Crippen molar-refractivity contribution in [2.75, 3.05) is 13.1 Å². The quantitative estimate of drug-likeness (QED) is 0.692. The number of carbonyl (C=O) groups is 3. The fourth-order valence-electron chi connectivity index (χ4n) is 2.20. The molecule has 1 heterocycles. The van der Waals surface area contributed by atoms with Crippen LogP contribution >= 0.6 is 0 Å². The minimum absolute atomic E-state index is 0.0259. The zero-order valence-corrected chi connectivity index (χ0v) is 9.78. The van der Waals surface area contributed by atoms with Crippen LogP contribution < -0.4 is 5.73 Å². The summed E-state index contributed by atoms with van der Waals surface area (Å²) < 4.78 is 0. The van der Waals surface area contributed by atoms with Crippen molar-refractivity contribution in [1.82, 2.24) is 4.90 Å². The molecule has 16 heavy (non-hydrogen) atoms. The Morgan fingerprint density at radius 1 is 1.25 bits per heavy atom. The van der Waals surface area contributed by atoms with Crippen LogP contribution in [0.1, 0.15) is 33.1 Å². The molecule has 0 aromatic heterocycles. The lowest BCUT2D eigenvalue weighted by molar-refractivity contribution is -0.147. The van der Waals surface area contributed by atoms with Crippen molar-refractivity contribution in [3.05, 3.63) is 0 Å². The summed E-state index contributed by atoms with van der Waals surface area (Å²) in [6.07, 6.45) is 1.02. The van der Waals surface area contributed by atoms with E-state index in [0.29, 0.717) is 32.4 Å². The molecule has 0 aromatic rings. The monoisotopic (exact) mass is 226 g/mol. The van der Waals surface area contributed by atoms with Gasteiger partial charge in [-0.2, -0.15) is 0 Å². The topological polar surface area (TPSA) is 80.5 Å². The highest BCUT2D eigenvalue weighted by molar-refractivity contribution is 6.05. The van der Waals surface area contributed by atoms with E-state index in [1.807, 2.05) is 0 Å². The van der Waals surface area contributed by atoms with Gasteiger partial charge < -0.3 is 10.6 Å². The number of nitrogens with zero attached hydrogens (tertiary/aromatic N) is 1. The molecule has 0 bridgehead atoms. The smallest absolute Gasteiger partial charge is 0.231 e. The van der Waals surface area contributed by atoms with Crippen LogP contribution in [0.25, 0.3) is 0 Å². The number of amides is 2. The van der Waals surface area contributed by atoms with E-state index in [-0.39, 0.29) is 11.7 Å². The number of ketones is 1. The van der Waals surface area contributed by atoms with E-state index in [4.69, 9.17) is 5.73 Å². The van der Waals surface area contributed by atoms with Gasteiger partial charge in [0.05, 0.1) is 0 Å². The van der Waals surface area contributed by atoms with Crippen molar-refractivity contribution in [3.63, 3.8) is 0 Å². The Labute approximate surface area is 95.0 Å². The van der Waals surface area contributed by atoms with Gasteiger partial charge in [-0.1, -0.05) is 6.92 Å². The first-order valence-electron chi connectivity index (χ1n) is 5.52. The number of nitrogens with two attached hydrogens (primary N) is 1. The fraction of sp³-hybridized carbons (Fsp3) is 0.727. The zero-order valence-electron chi connectivity index (χ0n) is 9.78. The summed E-state index contributed by atoms with van der Waals surface area (Å²) in [5.74, 6) is -0.687. The highest BCUT2D eigenvalue weighted by Gasteiger charge is 2.45. The molecule has 0 aromatic carbocycles. The average molecular weight is 226 g/mol. The third kappa shape index (κ3) is 2.08. The third-order valence-electron chi connectivity index (χ3n) is 3.39. The molecular formula is C11H18N2O3. The Bertz CT molecular complexity index is 317. The predicted molar refractivity (Wildman–Crippen MR) is 58.4 cm³/mol. The van der Waals surface area contributed by atoms with E-state index in [0.717, 1.165) is 0 Å². The fourth-order valence-corrected chi connectivity index (χ4v) is 2.20. The van der Waals surface area contributed by atoms with E-state index in [2.05, 4.69) is 0 Å². The maximum Gasteiger partial charge on any atom is 0.231 e. The van der Waals surface area contributed by atoms with Crippen molar-refractivity contribution in [3.8, 4) is 0 Å². The molecule has 1 aliphatic rings. The van der Waals surface area contributed by atoms with Crippen molar-refractivity contribution in [2.45, 2.75) is 33.1 Å². The van der Waals surface area contributed by atoms with Crippen molar-refractivity contribution in [2.24, 2.45) is 11.1 Å². The highest BCUT2D eigenvalue weighted by atomic mass is 16.2. The molecule has 2 N–H and O–H groups in total. The standard InChI is InChI=1S/C11H18N2O3/c1-3-9(15)11(10(12)16)4-6-13(7-5-11)8(2)14/h3-7H2,1-2H3,(H2,12,16). The summed E-state index contributed by atoms with van der Waals surface area (Å²) in [5.41, 5.74) is 4.30. The van der Waals surface area contributed by atoms with E-state index >= 15 is 0 Å². The number of piperidine rings is 1. The molecule has 1 saturated heterocycles. The second-order valence-corrected chi connectivity index (χ2v) is 4.23. The lowest BCUT2D eigenvalue weighted by Gasteiger charge is -2.38. The van der Waals surface area contributed by atoms with Crippen molar-refractivity contribution < 1.29 is 14.4 Å². The van der Waals surface area contributed by atoms with Gasteiger partial charge >= 0.3 is 0 Å². The van der Waals surface area contributed by atoms with Crippen LogP contribution in [0, 0.1) is 5.41 Å². The molecule has 0 unspecified atom stereocenters. The van der Waals surface area contributed by atoms with E-state index < -0.39 is 11.3 Å². The summed E-state index contributed by atoms with van der Waals surface area (Å²) in [5, 5.41) is 0. The first-order chi connectivity index (χ1) is 7.44. The lowest BCUT2D eigenvalue weighted by atomic mass is 9.73. The average Bonchev–Trinajstić information content (AvgIpc) is 2.27. The van der Waals surface area contributed by atoms with E-state index in [1.54, 1.807) is 11.8 Å². The van der Waals surface area contributed by atoms with Gasteiger partial charge in [-0.25, -0.2) is 0 Å². The Balaban J connectivity index is 2.82. The first-order valence-corrected chi connectivity index (χ1v) is 5.52. The van der Waals surface area contributed by atoms with Crippen LogP contribution in [0.15, 0.2) is 0 Å². The van der Waals surface area contributed by atoms with Crippen LogP contribution in [0.2, 0.25) is 0 Å². The molecule has 2 amide bonds. The van der Waals surface area contributed by atoms with Gasteiger partial charge in [-0.05, 0) is 12.8 Å². The number of hydrogen-bond donors (Lipinski definition) is 1. The van der Waals surface area contributed by atoms with Crippen LogP contribution in [0.4, 0.5) is 0 Å². The molecule has 0 spiro atoms. The molecule has 0 atom stereocenters. The molecular weight excluding hydrogens is 208 g/mol. The molecule has 0 radical (unpaired) electrons.